The molecule has 1 fully saturated rings. The Morgan fingerprint density at radius 1 is 1.40 bits per heavy atom. The fourth-order valence-corrected chi connectivity index (χ4v) is 0.863. The predicted molar refractivity (Wildman–Crippen MR) is 36.6 cm³/mol. The van der Waals surface area contributed by atoms with Gasteiger partial charge in [0.15, 0.2) is 5.79 Å². The summed E-state index contributed by atoms with van der Waals surface area (Å²) in [4.78, 5) is 0. The Hall–Kier alpha value is -0.120. The van der Waals surface area contributed by atoms with Crippen LogP contribution in [0.25, 0.3) is 0 Å². The van der Waals surface area contributed by atoms with Crippen LogP contribution in [0.4, 0.5) is 0 Å². The highest BCUT2D eigenvalue weighted by atomic mass is 16.7. The van der Waals surface area contributed by atoms with Gasteiger partial charge in [-0.2, -0.15) is 0 Å². The Kier molecular flexibility index (Phi) is 2.28. The lowest BCUT2D eigenvalue weighted by Crippen LogP contribution is -2.27. The van der Waals surface area contributed by atoms with Gasteiger partial charge in [-0.05, 0) is 20.3 Å². The highest BCUT2D eigenvalue weighted by Gasteiger charge is 2.24. The van der Waals surface area contributed by atoms with Gasteiger partial charge in [0.05, 0.1) is 19.3 Å². The minimum absolute atomic E-state index is 0.359. The summed E-state index contributed by atoms with van der Waals surface area (Å²) >= 11 is 0. The van der Waals surface area contributed by atoms with E-state index >= 15 is 0 Å². The van der Waals surface area contributed by atoms with E-state index in [4.69, 9.17) is 14.6 Å². The standard InChI is InChI=1S/C7H14O3/c1-7(2)9-4-3-6(8)5-10-7/h6,8H,3-5H2,1-2H3. The fourth-order valence-electron chi connectivity index (χ4n) is 0.863. The van der Waals surface area contributed by atoms with Crippen LogP contribution in [0.15, 0.2) is 0 Å². The second kappa shape index (κ2) is 2.86. The van der Waals surface area contributed by atoms with Gasteiger partial charge in [0.25, 0.3) is 0 Å². The summed E-state index contributed by atoms with van der Waals surface area (Å²) in [6, 6.07) is 0. The van der Waals surface area contributed by atoms with Crippen LogP contribution < -0.4 is 0 Å². The van der Waals surface area contributed by atoms with Crippen LogP contribution in [0.1, 0.15) is 20.3 Å². The molecule has 1 N–H and O–H groups in total. The molecule has 3 nitrogen and oxygen atoms in total. The Balaban J connectivity index is 2.41. The average Bonchev–Trinajstić information content (AvgIpc) is 1.94. The van der Waals surface area contributed by atoms with E-state index in [-0.39, 0.29) is 6.10 Å². The molecule has 3 heteroatoms. The molecule has 0 aromatic rings. The van der Waals surface area contributed by atoms with E-state index in [1.807, 2.05) is 13.8 Å². The molecule has 0 aromatic carbocycles. The number of aliphatic hydroxyl groups excluding tert-OH is 1. The van der Waals surface area contributed by atoms with Crippen molar-refractivity contribution in [2.24, 2.45) is 0 Å². The Morgan fingerprint density at radius 2 is 2.10 bits per heavy atom. The lowest BCUT2D eigenvalue weighted by atomic mass is 10.3. The molecule has 1 aliphatic rings. The Bertz CT molecular complexity index is 111. The monoisotopic (exact) mass is 146 g/mol. The molecule has 1 saturated heterocycles. The molecule has 0 bridgehead atoms. The molecule has 0 aliphatic carbocycles. The molecule has 60 valence electrons. The van der Waals surface area contributed by atoms with Gasteiger partial charge in [0.2, 0.25) is 0 Å². The van der Waals surface area contributed by atoms with E-state index in [0.29, 0.717) is 19.6 Å². The maximum atomic E-state index is 9.12. The van der Waals surface area contributed by atoms with Crippen molar-refractivity contribution >= 4 is 0 Å². The van der Waals surface area contributed by atoms with Crippen LogP contribution in [0.3, 0.4) is 0 Å². The van der Waals surface area contributed by atoms with Crippen molar-refractivity contribution < 1.29 is 14.6 Å². The molecule has 0 spiro atoms. The third-order valence-electron chi connectivity index (χ3n) is 1.52. The highest BCUT2D eigenvalue weighted by molar-refractivity contribution is 4.63. The first-order chi connectivity index (χ1) is 4.60. The second-order valence-corrected chi connectivity index (χ2v) is 3.00. The average molecular weight is 146 g/mol. The molecule has 1 atom stereocenters. The van der Waals surface area contributed by atoms with Crippen LogP contribution in [-0.2, 0) is 9.47 Å². The van der Waals surface area contributed by atoms with E-state index in [1.54, 1.807) is 0 Å². The first kappa shape index (κ1) is 7.98. The molecule has 0 amide bonds. The van der Waals surface area contributed by atoms with Gasteiger partial charge in [-0.3, -0.25) is 0 Å². The first-order valence-corrected chi connectivity index (χ1v) is 3.56. The maximum absolute atomic E-state index is 9.12. The first-order valence-electron chi connectivity index (χ1n) is 3.56. The molecule has 10 heavy (non-hydrogen) atoms. The van der Waals surface area contributed by atoms with Crippen LogP contribution in [0, 0.1) is 0 Å². The van der Waals surface area contributed by atoms with Crippen molar-refractivity contribution in [1.82, 2.24) is 0 Å². The smallest absolute Gasteiger partial charge is 0.162 e. The van der Waals surface area contributed by atoms with Gasteiger partial charge in [-0.25, -0.2) is 0 Å². The van der Waals surface area contributed by atoms with E-state index in [9.17, 15) is 0 Å². The summed E-state index contributed by atoms with van der Waals surface area (Å²) in [6.07, 6.45) is 0.311. The van der Waals surface area contributed by atoms with Gasteiger partial charge < -0.3 is 14.6 Å². The van der Waals surface area contributed by atoms with Gasteiger partial charge >= 0.3 is 0 Å². The number of rotatable bonds is 0. The zero-order valence-corrected chi connectivity index (χ0v) is 6.46. The number of ether oxygens (including phenoxy) is 2. The van der Waals surface area contributed by atoms with E-state index in [2.05, 4.69) is 0 Å². The third kappa shape index (κ3) is 2.25. The molecule has 0 saturated carbocycles. The van der Waals surface area contributed by atoms with Crippen molar-refractivity contribution in [2.45, 2.75) is 32.2 Å². The highest BCUT2D eigenvalue weighted by Crippen LogP contribution is 2.16. The van der Waals surface area contributed by atoms with Crippen molar-refractivity contribution in [3.8, 4) is 0 Å². The lowest BCUT2D eigenvalue weighted by Gasteiger charge is -2.22. The van der Waals surface area contributed by atoms with Crippen LogP contribution >= 0.6 is 0 Å². The van der Waals surface area contributed by atoms with Crippen LogP contribution in [-0.4, -0.2) is 30.2 Å². The summed E-state index contributed by atoms with van der Waals surface area (Å²) in [6.45, 7) is 4.66. The molecular weight excluding hydrogens is 132 g/mol. The van der Waals surface area contributed by atoms with Crippen molar-refractivity contribution in [3.05, 3.63) is 0 Å². The predicted octanol–water partition coefficient (Wildman–Crippen LogP) is 0.520. The van der Waals surface area contributed by atoms with E-state index in [1.165, 1.54) is 0 Å². The molecule has 0 radical (unpaired) electrons. The quantitative estimate of drug-likeness (QED) is 0.541. The minimum atomic E-state index is -0.516. The number of hydrogen-bond donors (Lipinski definition) is 1. The van der Waals surface area contributed by atoms with Crippen molar-refractivity contribution in [2.75, 3.05) is 13.2 Å². The lowest BCUT2D eigenvalue weighted by molar-refractivity contribution is -0.203. The largest absolute Gasteiger partial charge is 0.391 e. The minimum Gasteiger partial charge on any atom is -0.391 e. The molecule has 0 aromatic heterocycles. The Morgan fingerprint density at radius 3 is 2.80 bits per heavy atom. The van der Waals surface area contributed by atoms with Crippen LogP contribution in [0.2, 0.25) is 0 Å². The van der Waals surface area contributed by atoms with Gasteiger partial charge in [-0.1, -0.05) is 0 Å². The second-order valence-electron chi connectivity index (χ2n) is 3.00. The summed E-state index contributed by atoms with van der Waals surface area (Å²) < 4.78 is 10.5. The van der Waals surface area contributed by atoms with E-state index in [0.717, 1.165) is 0 Å². The van der Waals surface area contributed by atoms with Gasteiger partial charge in [0.1, 0.15) is 0 Å². The Labute approximate surface area is 60.9 Å². The molecule has 1 aliphatic heterocycles. The maximum Gasteiger partial charge on any atom is 0.162 e. The summed E-state index contributed by atoms with van der Waals surface area (Å²) in [5.41, 5.74) is 0. The summed E-state index contributed by atoms with van der Waals surface area (Å²) in [5.74, 6) is -0.516. The fraction of sp³-hybridized carbons (Fsp3) is 1.00. The summed E-state index contributed by atoms with van der Waals surface area (Å²) in [5, 5.41) is 9.12. The zero-order valence-electron chi connectivity index (χ0n) is 6.46. The van der Waals surface area contributed by atoms with Gasteiger partial charge in [-0.15, -0.1) is 0 Å². The van der Waals surface area contributed by atoms with Crippen molar-refractivity contribution in [1.29, 1.82) is 0 Å². The number of aliphatic hydroxyl groups is 1. The normalized spacial score (nSPS) is 33.3. The van der Waals surface area contributed by atoms with Gasteiger partial charge in [0, 0.05) is 0 Å². The van der Waals surface area contributed by atoms with Crippen molar-refractivity contribution in [3.63, 3.8) is 0 Å². The number of hydrogen-bond acceptors (Lipinski definition) is 3. The summed E-state index contributed by atoms with van der Waals surface area (Å²) in [7, 11) is 0. The molecule has 1 heterocycles. The molecule has 1 unspecified atom stereocenters. The SMILES string of the molecule is CC1(C)OCCC(O)CO1. The molecular formula is C7H14O3. The van der Waals surface area contributed by atoms with Crippen LogP contribution in [0.5, 0.6) is 0 Å². The van der Waals surface area contributed by atoms with E-state index < -0.39 is 5.79 Å². The zero-order chi connectivity index (χ0) is 7.61. The topological polar surface area (TPSA) is 38.7 Å². The third-order valence-corrected chi connectivity index (χ3v) is 1.52. The molecule has 1 rings (SSSR count).